The van der Waals surface area contributed by atoms with Gasteiger partial charge in [-0.3, -0.25) is 9.40 Å². The lowest BCUT2D eigenvalue weighted by Gasteiger charge is -2.07. The average molecular weight is 399 g/mol. The third-order valence-electron chi connectivity index (χ3n) is 3.89. The molecule has 0 amide bonds. The number of hydrogen-bond acceptors (Lipinski definition) is 4. The van der Waals surface area contributed by atoms with Gasteiger partial charge < -0.3 is 0 Å². The molecule has 0 aliphatic carbocycles. The highest BCUT2D eigenvalue weighted by Crippen LogP contribution is 2.25. The van der Waals surface area contributed by atoms with Crippen LogP contribution in [-0.4, -0.2) is 28.0 Å². The second-order valence-electron chi connectivity index (χ2n) is 5.85. The Morgan fingerprint density at radius 1 is 1.22 bits per heavy atom. The zero-order valence-electron chi connectivity index (χ0n) is 14.4. The van der Waals surface area contributed by atoms with E-state index in [0.29, 0.717) is 10.2 Å². The van der Waals surface area contributed by atoms with E-state index in [1.807, 2.05) is 0 Å². The number of rotatable bonds is 6. The maximum absolute atomic E-state index is 13.7. The maximum Gasteiger partial charge on any atom is 0.333 e. The molecule has 0 saturated carbocycles. The van der Waals surface area contributed by atoms with Crippen LogP contribution in [-0.2, 0) is 16.6 Å². The summed E-state index contributed by atoms with van der Waals surface area (Å²) in [7, 11) is -4.15. The zero-order valence-corrected chi connectivity index (χ0v) is 15.2. The van der Waals surface area contributed by atoms with Crippen molar-refractivity contribution < 1.29 is 21.6 Å². The molecular formula is C16H16F3N5O2S. The van der Waals surface area contributed by atoms with Crippen molar-refractivity contribution in [2.45, 2.75) is 31.8 Å². The molecule has 0 atom stereocenters. The molecule has 1 aromatic carbocycles. The number of nitrogens with zero attached hydrogens (tertiary/aromatic N) is 4. The summed E-state index contributed by atoms with van der Waals surface area (Å²) in [5, 5.41) is 7.56. The minimum atomic E-state index is -4.15. The van der Waals surface area contributed by atoms with Gasteiger partial charge in [0.25, 0.3) is 10.0 Å². The van der Waals surface area contributed by atoms with Crippen LogP contribution < -0.4 is 4.72 Å². The number of aromatic nitrogens is 4. The highest BCUT2D eigenvalue weighted by atomic mass is 32.2. The first kappa shape index (κ1) is 19.0. The second kappa shape index (κ2) is 7.06. The van der Waals surface area contributed by atoms with Crippen molar-refractivity contribution in [3.8, 4) is 0 Å². The Bertz CT molecular complexity index is 1080. The fraction of sp³-hybridized carbons (Fsp3) is 0.250. The quantitative estimate of drug-likeness (QED) is 0.691. The number of hydrogen-bond donors (Lipinski definition) is 1. The molecule has 0 unspecified atom stereocenters. The van der Waals surface area contributed by atoms with Gasteiger partial charge in [-0.2, -0.15) is 19.0 Å². The Kier molecular flexibility index (Phi) is 4.96. The number of anilines is 1. The van der Waals surface area contributed by atoms with Crippen LogP contribution in [0.5, 0.6) is 0 Å². The third kappa shape index (κ3) is 3.82. The smallest absolute Gasteiger partial charge is 0.276 e. The van der Waals surface area contributed by atoms with E-state index in [-0.39, 0.29) is 28.5 Å². The first-order valence-electron chi connectivity index (χ1n) is 7.81. The summed E-state index contributed by atoms with van der Waals surface area (Å²) in [5.74, 6) is -0.402. The molecular weight excluding hydrogens is 383 g/mol. The molecule has 0 fully saturated rings. The summed E-state index contributed by atoms with van der Waals surface area (Å²) in [6, 6.07) is 6.14. The molecule has 2 aromatic heterocycles. The summed E-state index contributed by atoms with van der Waals surface area (Å²) < 4.78 is 68.7. The van der Waals surface area contributed by atoms with Crippen molar-refractivity contribution in [2.75, 3.05) is 4.72 Å². The van der Waals surface area contributed by atoms with Crippen LogP contribution in [0.4, 0.5) is 18.9 Å². The van der Waals surface area contributed by atoms with E-state index in [0.717, 1.165) is 0 Å². The van der Waals surface area contributed by atoms with E-state index in [1.54, 1.807) is 18.2 Å². The van der Waals surface area contributed by atoms with Crippen LogP contribution in [0.2, 0.25) is 0 Å². The topological polar surface area (TPSA) is 81.8 Å². The van der Waals surface area contributed by atoms with E-state index in [1.165, 1.54) is 37.0 Å². The predicted molar refractivity (Wildman–Crippen MR) is 91.5 cm³/mol. The Balaban J connectivity index is 1.84. The van der Waals surface area contributed by atoms with Gasteiger partial charge in [-0.1, -0.05) is 18.2 Å². The highest BCUT2D eigenvalue weighted by Gasteiger charge is 2.27. The molecule has 0 spiro atoms. The predicted octanol–water partition coefficient (Wildman–Crippen LogP) is 3.08. The van der Waals surface area contributed by atoms with Gasteiger partial charge in [-0.25, -0.2) is 17.5 Å². The van der Waals surface area contributed by atoms with Crippen LogP contribution in [0.15, 0.2) is 41.6 Å². The molecule has 27 heavy (non-hydrogen) atoms. The van der Waals surface area contributed by atoms with Crippen molar-refractivity contribution in [3.63, 3.8) is 0 Å². The first-order valence-corrected chi connectivity index (χ1v) is 9.30. The molecule has 0 aliphatic rings. The summed E-state index contributed by atoms with van der Waals surface area (Å²) in [4.78, 5) is -0.315. The molecule has 1 N–H and O–H groups in total. The van der Waals surface area contributed by atoms with Crippen LogP contribution in [0.1, 0.15) is 23.5 Å². The Hall–Kier alpha value is -2.82. The number of benzene rings is 1. The van der Waals surface area contributed by atoms with Crippen LogP contribution in [0, 0.1) is 19.7 Å². The summed E-state index contributed by atoms with van der Waals surface area (Å²) in [5.41, 5.74) is 0.294. The van der Waals surface area contributed by atoms with Crippen LogP contribution in [0.25, 0.3) is 0 Å². The van der Waals surface area contributed by atoms with Crippen molar-refractivity contribution in [3.05, 3.63) is 59.4 Å². The lowest BCUT2D eigenvalue weighted by molar-refractivity contribution is 0.0538. The molecule has 7 nitrogen and oxygen atoms in total. The van der Waals surface area contributed by atoms with Crippen LogP contribution in [0.3, 0.4) is 0 Å². The number of nitrogens with one attached hydrogen (secondary N) is 1. The van der Waals surface area contributed by atoms with Crippen molar-refractivity contribution in [1.82, 2.24) is 19.6 Å². The third-order valence-corrected chi connectivity index (χ3v) is 5.52. The first-order chi connectivity index (χ1) is 12.7. The fourth-order valence-corrected chi connectivity index (χ4v) is 4.17. The molecule has 0 aliphatic heterocycles. The van der Waals surface area contributed by atoms with E-state index >= 15 is 0 Å². The largest absolute Gasteiger partial charge is 0.333 e. The Morgan fingerprint density at radius 2 is 1.93 bits per heavy atom. The van der Waals surface area contributed by atoms with Gasteiger partial charge in [-0.15, -0.1) is 0 Å². The maximum atomic E-state index is 13.7. The number of halogens is 3. The molecule has 2 heterocycles. The summed E-state index contributed by atoms with van der Waals surface area (Å²) in [6.45, 7) is -0.253. The molecule has 11 heteroatoms. The molecule has 0 bridgehead atoms. The van der Waals surface area contributed by atoms with Gasteiger partial charge >= 0.3 is 6.55 Å². The van der Waals surface area contributed by atoms with Crippen molar-refractivity contribution in [2.24, 2.45) is 0 Å². The van der Waals surface area contributed by atoms with Gasteiger partial charge in [0.2, 0.25) is 0 Å². The monoisotopic (exact) mass is 399 g/mol. The lowest BCUT2D eigenvalue weighted by Crippen LogP contribution is -2.15. The minimum absolute atomic E-state index is 0.0425. The van der Waals surface area contributed by atoms with Gasteiger partial charge in [0.05, 0.1) is 29.8 Å². The van der Waals surface area contributed by atoms with Crippen molar-refractivity contribution in [1.29, 1.82) is 0 Å². The van der Waals surface area contributed by atoms with Gasteiger partial charge in [0.1, 0.15) is 10.7 Å². The average Bonchev–Trinajstić information content (AvgIpc) is 3.13. The summed E-state index contributed by atoms with van der Waals surface area (Å²) >= 11 is 0. The lowest BCUT2D eigenvalue weighted by atomic mass is 10.2. The standard InChI is InChI=1S/C16H16F3N5O2S/c1-10-15(11(2)24(21-10)16(18)19)27(25,26)22-13-7-20-23(9-13)8-12-5-3-4-6-14(12)17/h3-7,9,16,22H,8H2,1-2H3. The Morgan fingerprint density at radius 3 is 2.56 bits per heavy atom. The van der Waals surface area contributed by atoms with Crippen LogP contribution >= 0.6 is 0 Å². The second-order valence-corrected chi connectivity index (χ2v) is 7.46. The molecule has 3 rings (SSSR count). The van der Waals surface area contributed by atoms with E-state index in [2.05, 4.69) is 14.9 Å². The number of aryl methyl sites for hydroxylation is 1. The normalized spacial score (nSPS) is 11.9. The van der Waals surface area contributed by atoms with Gasteiger partial charge in [-0.05, 0) is 19.9 Å². The van der Waals surface area contributed by atoms with E-state index in [4.69, 9.17) is 0 Å². The Labute approximate surface area is 153 Å². The van der Waals surface area contributed by atoms with Gasteiger partial charge in [0, 0.05) is 11.8 Å². The summed E-state index contributed by atoms with van der Waals surface area (Å²) in [6.07, 6.45) is 2.63. The molecule has 0 radical (unpaired) electrons. The van der Waals surface area contributed by atoms with Gasteiger partial charge in [0.15, 0.2) is 0 Å². The zero-order chi connectivity index (χ0) is 19.8. The molecule has 144 valence electrons. The molecule has 3 aromatic rings. The number of sulfonamides is 1. The van der Waals surface area contributed by atoms with E-state index in [9.17, 15) is 21.6 Å². The SMILES string of the molecule is Cc1nn(C(F)F)c(C)c1S(=O)(=O)Nc1cnn(Cc2ccccc2F)c1. The minimum Gasteiger partial charge on any atom is -0.276 e. The van der Waals surface area contributed by atoms with E-state index < -0.39 is 22.4 Å². The molecule has 0 saturated heterocycles. The van der Waals surface area contributed by atoms with Crippen molar-refractivity contribution >= 4 is 15.7 Å². The highest BCUT2D eigenvalue weighted by molar-refractivity contribution is 7.92. The fourth-order valence-electron chi connectivity index (χ4n) is 2.74. The number of alkyl halides is 2.